The fraction of sp³-hybridized carbons (Fsp3) is 0.0800. The molecule has 260 valence electrons. The van der Waals surface area contributed by atoms with E-state index in [1.165, 1.54) is 67.0 Å². The Kier molecular flexibility index (Phi) is 6.87. The first-order valence-corrected chi connectivity index (χ1v) is 19.1. The average molecular weight is 705 g/mol. The molecule has 55 heavy (non-hydrogen) atoms. The number of hydrogen-bond donors (Lipinski definition) is 0. The Bertz CT molecular complexity index is 2650. The molecule has 11 rings (SSSR count). The van der Waals surface area contributed by atoms with Crippen molar-refractivity contribution in [3.8, 4) is 22.5 Å². The van der Waals surface area contributed by atoms with Gasteiger partial charge in [0.05, 0.1) is 22.8 Å². The highest BCUT2D eigenvalue weighted by Gasteiger charge is 2.53. The van der Waals surface area contributed by atoms with Gasteiger partial charge in [0.15, 0.2) is 0 Å². The van der Waals surface area contributed by atoms with Crippen LogP contribution < -0.4 is 26.2 Å². The van der Waals surface area contributed by atoms with Gasteiger partial charge in [-0.15, -0.1) is 0 Å². The van der Waals surface area contributed by atoms with Gasteiger partial charge >= 0.3 is 0 Å². The lowest BCUT2D eigenvalue weighted by Crippen LogP contribution is -2.67. The van der Waals surface area contributed by atoms with Crippen LogP contribution in [0.4, 0.5) is 34.1 Å². The van der Waals surface area contributed by atoms with Gasteiger partial charge in [0.2, 0.25) is 0 Å². The Morgan fingerprint density at radius 2 is 0.891 bits per heavy atom. The molecule has 0 atom stereocenters. The number of aryl methyl sites for hydroxylation is 2. The van der Waals surface area contributed by atoms with Crippen LogP contribution in [0.2, 0.25) is 0 Å². The molecule has 3 aliphatic rings. The molecule has 2 aromatic heterocycles. The normalized spacial score (nSPS) is 14.1. The number of aromatic nitrogens is 2. The number of nitrogens with zero attached hydrogens (tertiary/aromatic N) is 4. The fourth-order valence-electron chi connectivity index (χ4n) is 9.84. The lowest BCUT2D eigenvalue weighted by molar-refractivity contribution is 0.696. The minimum absolute atomic E-state index is 0.0377. The van der Waals surface area contributed by atoms with Crippen LogP contribution in [-0.2, 0) is 5.41 Å². The molecule has 5 heterocycles. The maximum Gasteiger partial charge on any atom is 0.252 e. The van der Waals surface area contributed by atoms with E-state index in [9.17, 15) is 0 Å². The van der Waals surface area contributed by atoms with Gasteiger partial charge in [-0.2, -0.15) is 0 Å². The first-order valence-electron chi connectivity index (χ1n) is 19.1. The number of hydrogen-bond acceptors (Lipinski definition) is 4. The third kappa shape index (κ3) is 4.47. The third-order valence-corrected chi connectivity index (χ3v) is 12.1. The lowest BCUT2D eigenvalue weighted by Gasteiger charge is -2.51. The van der Waals surface area contributed by atoms with Crippen molar-refractivity contribution >= 4 is 57.2 Å². The second kappa shape index (κ2) is 11.9. The molecular formula is C50H37BN4. The van der Waals surface area contributed by atoms with E-state index in [0.29, 0.717) is 0 Å². The molecule has 4 nitrogen and oxygen atoms in total. The zero-order valence-electron chi connectivity index (χ0n) is 31.0. The fourth-order valence-corrected chi connectivity index (χ4v) is 9.84. The minimum atomic E-state index is -0.425. The number of pyridine rings is 2. The molecule has 0 fully saturated rings. The molecule has 0 spiro atoms. The number of rotatable bonds is 5. The molecule has 6 aromatic carbocycles. The monoisotopic (exact) mass is 704 g/mol. The summed E-state index contributed by atoms with van der Waals surface area (Å²) in [4.78, 5) is 14.8. The van der Waals surface area contributed by atoms with E-state index >= 15 is 0 Å². The summed E-state index contributed by atoms with van der Waals surface area (Å²) >= 11 is 0. The summed E-state index contributed by atoms with van der Waals surface area (Å²) in [5.41, 5.74) is 21.3. The summed E-state index contributed by atoms with van der Waals surface area (Å²) in [6.45, 7) is 7.00. The quantitative estimate of drug-likeness (QED) is 0.167. The SMILES string of the molecule is Cc1cc2c3c(c1)C(C)(c1ccccc1)c1cc(C)cc4c1B3c1c(cccc1N4c1ccccc1-c1ccccn1)N2c1ccccc1-c1ccccn1. The van der Waals surface area contributed by atoms with Crippen LogP contribution in [-0.4, -0.2) is 16.7 Å². The van der Waals surface area contributed by atoms with Gasteiger partial charge in [0, 0.05) is 51.7 Å². The molecule has 0 bridgehead atoms. The highest BCUT2D eigenvalue weighted by molar-refractivity contribution is 7.01. The summed E-state index contributed by atoms with van der Waals surface area (Å²) in [6, 6.07) is 57.7. The van der Waals surface area contributed by atoms with Crippen molar-refractivity contribution in [2.75, 3.05) is 9.80 Å². The average Bonchev–Trinajstić information content (AvgIpc) is 3.23. The van der Waals surface area contributed by atoms with Crippen LogP contribution in [0.3, 0.4) is 0 Å². The Balaban J connectivity index is 1.30. The molecule has 0 saturated heterocycles. The van der Waals surface area contributed by atoms with Crippen molar-refractivity contribution in [3.63, 3.8) is 0 Å². The van der Waals surface area contributed by atoms with Crippen LogP contribution in [0.5, 0.6) is 0 Å². The van der Waals surface area contributed by atoms with Gasteiger partial charge in [0.1, 0.15) is 0 Å². The first kappa shape index (κ1) is 31.8. The Labute approximate surface area is 322 Å². The van der Waals surface area contributed by atoms with Gasteiger partial charge in [-0.05, 0) is 126 Å². The summed E-state index contributed by atoms with van der Waals surface area (Å²) < 4.78 is 0. The summed E-state index contributed by atoms with van der Waals surface area (Å²) in [7, 11) is 0. The lowest BCUT2D eigenvalue weighted by atomic mass is 9.28. The molecule has 0 radical (unpaired) electrons. The van der Waals surface area contributed by atoms with Crippen molar-refractivity contribution < 1.29 is 0 Å². The molecule has 3 aliphatic heterocycles. The summed E-state index contributed by atoms with van der Waals surface area (Å²) in [5, 5.41) is 0. The number of anilines is 6. The number of para-hydroxylation sites is 2. The van der Waals surface area contributed by atoms with Crippen molar-refractivity contribution in [1.29, 1.82) is 0 Å². The van der Waals surface area contributed by atoms with E-state index < -0.39 is 5.41 Å². The second-order valence-electron chi connectivity index (χ2n) is 15.3. The van der Waals surface area contributed by atoms with Crippen LogP contribution in [0.1, 0.15) is 34.7 Å². The standard InChI is InChI=1S/C50H37BN4/c1-32-28-37-47-45(30-32)54(41-22-9-7-18-35(41)39-20-11-13-26-52-39)43-24-15-25-44-49(43)51(47)48-38(50(37,3)34-16-5-4-6-17-34)29-33(2)31-46(48)55(44)42-23-10-8-19-36(42)40-21-12-14-27-53-40/h4-31H,1-3H3. The Morgan fingerprint density at radius 1 is 0.436 bits per heavy atom. The van der Waals surface area contributed by atoms with E-state index in [2.05, 4.69) is 176 Å². The van der Waals surface area contributed by atoms with Crippen LogP contribution in [0.15, 0.2) is 170 Å². The minimum Gasteiger partial charge on any atom is -0.311 e. The molecule has 0 unspecified atom stereocenters. The third-order valence-electron chi connectivity index (χ3n) is 12.1. The predicted molar refractivity (Wildman–Crippen MR) is 228 cm³/mol. The second-order valence-corrected chi connectivity index (χ2v) is 15.3. The van der Waals surface area contributed by atoms with Crippen molar-refractivity contribution in [1.82, 2.24) is 9.97 Å². The van der Waals surface area contributed by atoms with Crippen LogP contribution >= 0.6 is 0 Å². The highest BCUT2D eigenvalue weighted by atomic mass is 15.2. The molecule has 0 saturated carbocycles. The topological polar surface area (TPSA) is 32.3 Å². The summed E-state index contributed by atoms with van der Waals surface area (Å²) in [6.07, 6.45) is 3.78. The number of benzene rings is 6. The molecule has 5 heteroatoms. The van der Waals surface area contributed by atoms with Gasteiger partial charge in [-0.3, -0.25) is 9.97 Å². The molecular weight excluding hydrogens is 667 g/mol. The maximum absolute atomic E-state index is 4.87. The van der Waals surface area contributed by atoms with Gasteiger partial charge in [-0.1, -0.05) is 97.1 Å². The maximum atomic E-state index is 4.87. The van der Waals surface area contributed by atoms with Gasteiger partial charge in [-0.25, -0.2) is 0 Å². The van der Waals surface area contributed by atoms with E-state index in [-0.39, 0.29) is 6.71 Å². The summed E-state index contributed by atoms with van der Waals surface area (Å²) in [5.74, 6) is 0. The largest absolute Gasteiger partial charge is 0.311 e. The van der Waals surface area contributed by atoms with E-state index in [1.807, 2.05) is 24.5 Å². The molecule has 0 aliphatic carbocycles. The van der Waals surface area contributed by atoms with Gasteiger partial charge < -0.3 is 9.80 Å². The van der Waals surface area contributed by atoms with Crippen molar-refractivity contribution in [2.24, 2.45) is 0 Å². The van der Waals surface area contributed by atoms with E-state index in [0.717, 1.165) is 33.9 Å². The molecule has 8 aromatic rings. The van der Waals surface area contributed by atoms with E-state index in [4.69, 9.17) is 9.97 Å². The first-order chi connectivity index (χ1) is 27.0. The Morgan fingerprint density at radius 3 is 1.38 bits per heavy atom. The van der Waals surface area contributed by atoms with Crippen LogP contribution in [0, 0.1) is 13.8 Å². The van der Waals surface area contributed by atoms with Crippen LogP contribution in [0.25, 0.3) is 22.5 Å². The van der Waals surface area contributed by atoms with E-state index in [1.54, 1.807) is 0 Å². The molecule has 0 N–H and O–H groups in total. The van der Waals surface area contributed by atoms with Crippen molar-refractivity contribution in [2.45, 2.75) is 26.2 Å². The zero-order chi connectivity index (χ0) is 36.8. The smallest absolute Gasteiger partial charge is 0.252 e. The highest BCUT2D eigenvalue weighted by Crippen LogP contribution is 2.52. The van der Waals surface area contributed by atoms with Gasteiger partial charge in [0.25, 0.3) is 6.71 Å². The zero-order valence-corrected chi connectivity index (χ0v) is 31.0. The molecule has 0 amide bonds. The van der Waals surface area contributed by atoms with Crippen molar-refractivity contribution in [3.05, 3.63) is 198 Å². The Hall–Kier alpha value is -6.72. The predicted octanol–water partition coefficient (Wildman–Crippen LogP) is 10.2.